The number of Topliss-reactive ketones (excluding diaryl/α,β-unsaturated/α-hetero) is 1. The highest BCUT2D eigenvalue weighted by molar-refractivity contribution is 6.13. The van der Waals surface area contributed by atoms with Gasteiger partial charge in [-0.15, -0.1) is 12.4 Å². The van der Waals surface area contributed by atoms with Crippen LogP contribution in [0.25, 0.3) is 0 Å². The van der Waals surface area contributed by atoms with Gasteiger partial charge in [0.2, 0.25) is 5.88 Å². The molecule has 1 aliphatic carbocycles. The summed E-state index contributed by atoms with van der Waals surface area (Å²) in [6, 6.07) is 3.44. The van der Waals surface area contributed by atoms with Gasteiger partial charge < -0.3 is 20.4 Å². The van der Waals surface area contributed by atoms with Crippen LogP contribution in [0.5, 0.6) is 5.88 Å². The highest BCUT2D eigenvalue weighted by atomic mass is 35.5. The number of nitrogens with zero attached hydrogens (tertiary/aromatic N) is 1. The summed E-state index contributed by atoms with van der Waals surface area (Å²) in [4.78, 5) is 31.8. The van der Waals surface area contributed by atoms with Gasteiger partial charge in [-0.05, 0) is 25.5 Å². The number of rotatable bonds is 7. The van der Waals surface area contributed by atoms with E-state index in [1.165, 1.54) is 0 Å². The first-order valence-corrected chi connectivity index (χ1v) is 8.53. The van der Waals surface area contributed by atoms with E-state index in [1.807, 2.05) is 6.92 Å². The third-order valence-electron chi connectivity index (χ3n) is 4.09. The average molecular weight is 379 g/mol. The number of likely N-dealkylation sites (N-methyl/N-ethyl adjacent to an activating group) is 1. The van der Waals surface area contributed by atoms with Crippen LogP contribution in [0.15, 0.2) is 24.5 Å². The molecule has 26 heavy (non-hydrogen) atoms. The third-order valence-corrected chi connectivity index (χ3v) is 4.09. The van der Waals surface area contributed by atoms with Crippen LogP contribution in [-0.2, 0) is 6.42 Å². The second-order valence-electron chi connectivity index (χ2n) is 5.87. The second kappa shape index (κ2) is 9.35. The third kappa shape index (κ3) is 4.62. The lowest BCUT2D eigenvalue weighted by molar-refractivity contribution is 0.0956. The summed E-state index contributed by atoms with van der Waals surface area (Å²) in [7, 11) is 0. The maximum atomic E-state index is 12.5. The Morgan fingerprint density at radius 2 is 2.19 bits per heavy atom. The predicted molar refractivity (Wildman–Crippen MR) is 102 cm³/mol. The molecule has 7 nitrogen and oxygen atoms in total. The normalized spacial score (nSPS) is 12.9. The molecule has 2 heterocycles. The van der Waals surface area contributed by atoms with Crippen molar-refractivity contribution in [3.63, 3.8) is 0 Å². The lowest BCUT2D eigenvalue weighted by Gasteiger charge is -2.12. The molecule has 0 saturated carbocycles. The van der Waals surface area contributed by atoms with Gasteiger partial charge in [0.1, 0.15) is 6.61 Å². The van der Waals surface area contributed by atoms with Crippen LogP contribution in [0.2, 0.25) is 0 Å². The summed E-state index contributed by atoms with van der Waals surface area (Å²) < 4.78 is 5.49. The average Bonchev–Trinajstić information content (AvgIpc) is 3.06. The van der Waals surface area contributed by atoms with Gasteiger partial charge in [0, 0.05) is 30.9 Å². The van der Waals surface area contributed by atoms with E-state index in [9.17, 15) is 9.59 Å². The number of ether oxygens (including phenoxy) is 1. The van der Waals surface area contributed by atoms with Crippen molar-refractivity contribution in [2.75, 3.05) is 25.0 Å². The lowest BCUT2D eigenvalue weighted by Crippen LogP contribution is -2.20. The van der Waals surface area contributed by atoms with E-state index in [1.54, 1.807) is 24.5 Å². The molecular formula is C18H23ClN4O3. The van der Waals surface area contributed by atoms with E-state index < -0.39 is 0 Å². The second-order valence-corrected chi connectivity index (χ2v) is 5.87. The number of anilines is 1. The number of halogens is 1. The van der Waals surface area contributed by atoms with Crippen LogP contribution in [0, 0.1) is 0 Å². The first-order chi connectivity index (χ1) is 12.2. The van der Waals surface area contributed by atoms with Crippen molar-refractivity contribution >= 4 is 29.8 Å². The molecule has 140 valence electrons. The van der Waals surface area contributed by atoms with Crippen LogP contribution in [-0.4, -0.2) is 41.4 Å². The van der Waals surface area contributed by atoms with E-state index in [4.69, 9.17) is 4.74 Å². The van der Waals surface area contributed by atoms with Crippen molar-refractivity contribution in [2.24, 2.45) is 0 Å². The number of fused-ring (bicyclic) bond motifs is 1. The largest absolute Gasteiger partial charge is 0.476 e. The quantitative estimate of drug-likeness (QED) is 0.643. The Hall–Kier alpha value is -2.38. The highest BCUT2D eigenvalue weighted by Crippen LogP contribution is 2.24. The van der Waals surface area contributed by atoms with Crippen LogP contribution in [0.4, 0.5) is 5.69 Å². The van der Waals surface area contributed by atoms with Crippen LogP contribution in [0.3, 0.4) is 0 Å². The van der Waals surface area contributed by atoms with Gasteiger partial charge >= 0.3 is 0 Å². The van der Waals surface area contributed by atoms with Crippen molar-refractivity contribution in [1.29, 1.82) is 0 Å². The van der Waals surface area contributed by atoms with Crippen molar-refractivity contribution in [3.05, 3.63) is 41.3 Å². The minimum atomic E-state index is -0.310. The Balaban J connectivity index is 0.00000243. The molecule has 0 aromatic carbocycles. The topological polar surface area (TPSA) is 96.1 Å². The number of nitrogens with one attached hydrogen (secondary N) is 3. The molecule has 0 atom stereocenters. The molecular weight excluding hydrogens is 356 g/mol. The molecule has 0 spiro atoms. The Bertz CT molecular complexity index is 758. The van der Waals surface area contributed by atoms with Crippen LogP contribution >= 0.6 is 12.4 Å². The number of hydrogen-bond donors (Lipinski definition) is 3. The lowest BCUT2D eigenvalue weighted by atomic mass is 9.93. The standard InChI is InChI=1S/C18H22N4O3.ClH/c1-2-19-8-9-25-16-7-6-12(10-21-16)22-18(24)13-11-20-14-4-3-5-15(23)17(13)14;/h6-7,10-11,19-20H,2-5,8-9H2,1H3,(H,22,24);1H. The number of hydrogen-bond acceptors (Lipinski definition) is 5. The van der Waals surface area contributed by atoms with Crippen molar-refractivity contribution in [2.45, 2.75) is 26.2 Å². The van der Waals surface area contributed by atoms with Gasteiger partial charge in [-0.3, -0.25) is 9.59 Å². The smallest absolute Gasteiger partial charge is 0.257 e. The van der Waals surface area contributed by atoms with Crippen LogP contribution < -0.4 is 15.4 Å². The molecule has 0 saturated heterocycles. The SMILES string of the molecule is CCNCCOc1ccc(NC(=O)c2c[nH]c3c2C(=O)CCC3)cn1.Cl. The van der Waals surface area contributed by atoms with Gasteiger partial charge in [0.15, 0.2) is 5.78 Å². The maximum absolute atomic E-state index is 12.5. The summed E-state index contributed by atoms with van der Waals surface area (Å²) in [5.41, 5.74) is 2.33. The Morgan fingerprint density at radius 1 is 1.35 bits per heavy atom. The fraction of sp³-hybridized carbons (Fsp3) is 0.389. The molecule has 2 aromatic rings. The summed E-state index contributed by atoms with van der Waals surface area (Å²) in [5.74, 6) is 0.218. The number of aryl methyl sites for hydroxylation is 1. The zero-order valence-corrected chi connectivity index (χ0v) is 15.4. The number of ketones is 1. The van der Waals surface area contributed by atoms with Crippen molar-refractivity contribution in [1.82, 2.24) is 15.3 Å². The minimum Gasteiger partial charge on any atom is -0.476 e. The molecule has 3 N–H and O–H groups in total. The van der Waals surface area contributed by atoms with E-state index in [2.05, 4.69) is 20.6 Å². The number of aromatic nitrogens is 2. The van der Waals surface area contributed by atoms with Gasteiger partial charge in [-0.2, -0.15) is 0 Å². The van der Waals surface area contributed by atoms with E-state index >= 15 is 0 Å². The van der Waals surface area contributed by atoms with Crippen molar-refractivity contribution in [3.8, 4) is 5.88 Å². The molecule has 0 bridgehead atoms. The predicted octanol–water partition coefficient (Wildman–Crippen LogP) is 2.59. The monoisotopic (exact) mass is 378 g/mol. The number of carbonyl (C=O) groups is 2. The van der Waals surface area contributed by atoms with E-state index in [0.717, 1.165) is 31.6 Å². The minimum absolute atomic E-state index is 0. The molecule has 1 aliphatic rings. The Labute approximate surface area is 158 Å². The molecule has 1 amide bonds. The fourth-order valence-electron chi connectivity index (χ4n) is 2.85. The zero-order chi connectivity index (χ0) is 17.6. The van der Waals surface area contributed by atoms with E-state index in [-0.39, 0.29) is 24.1 Å². The summed E-state index contributed by atoms with van der Waals surface area (Å²) in [5, 5.41) is 5.94. The first kappa shape index (κ1) is 19.9. The van der Waals surface area contributed by atoms with Gasteiger partial charge in [0.05, 0.1) is 23.0 Å². The molecule has 8 heteroatoms. The van der Waals surface area contributed by atoms with Crippen molar-refractivity contribution < 1.29 is 14.3 Å². The first-order valence-electron chi connectivity index (χ1n) is 8.53. The number of amides is 1. The molecule has 3 rings (SSSR count). The van der Waals surface area contributed by atoms with Gasteiger partial charge in [-0.1, -0.05) is 6.92 Å². The number of pyridine rings is 1. The molecule has 0 fully saturated rings. The molecule has 2 aromatic heterocycles. The fourth-order valence-corrected chi connectivity index (χ4v) is 2.85. The summed E-state index contributed by atoms with van der Waals surface area (Å²) in [6.07, 6.45) is 5.27. The molecule has 0 radical (unpaired) electrons. The van der Waals surface area contributed by atoms with Gasteiger partial charge in [0.25, 0.3) is 5.91 Å². The molecule has 0 aliphatic heterocycles. The summed E-state index contributed by atoms with van der Waals surface area (Å²) in [6.45, 7) is 4.21. The number of H-pyrrole nitrogens is 1. The zero-order valence-electron chi connectivity index (χ0n) is 14.6. The Morgan fingerprint density at radius 3 is 2.92 bits per heavy atom. The van der Waals surface area contributed by atoms with Crippen LogP contribution in [0.1, 0.15) is 46.2 Å². The maximum Gasteiger partial charge on any atom is 0.257 e. The Kier molecular flexibility index (Phi) is 7.17. The summed E-state index contributed by atoms with van der Waals surface area (Å²) >= 11 is 0. The number of aromatic amines is 1. The number of carbonyl (C=O) groups excluding carboxylic acids is 2. The van der Waals surface area contributed by atoms with E-state index in [0.29, 0.717) is 35.7 Å². The van der Waals surface area contributed by atoms with Gasteiger partial charge in [-0.25, -0.2) is 4.98 Å². The highest BCUT2D eigenvalue weighted by Gasteiger charge is 2.25. The molecule has 0 unspecified atom stereocenters.